The van der Waals surface area contributed by atoms with E-state index in [1.165, 1.54) is 15.5 Å². The van der Waals surface area contributed by atoms with E-state index in [2.05, 4.69) is 4.98 Å². The number of fused-ring (bicyclic) bond motifs is 1. The van der Waals surface area contributed by atoms with Gasteiger partial charge in [0.05, 0.1) is 12.6 Å². The number of aromatic nitrogens is 4. The highest BCUT2D eigenvalue weighted by molar-refractivity contribution is 5.69. The van der Waals surface area contributed by atoms with Crippen LogP contribution in [-0.2, 0) is 20.6 Å². The molecule has 0 saturated carbocycles. The summed E-state index contributed by atoms with van der Waals surface area (Å²) in [6.45, 7) is 2.21. The van der Waals surface area contributed by atoms with Crippen molar-refractivity contribution in [1.82, 2.24) is 18.7 Å². The molecule has 0 atom stereocenters. The highest BCUT2D eigenvalue weighted by Gasteiger charge is 2.14. The van der Waals surface area contributed by atoms with Crippen LogP contribution in [0.15, 0.2) is 27.8 Å². The van der Waals surface area contributed by atoms with Gasteiger partial charge in [-0.2, -0.15) is 0 Å². The largest absolute Gasteiger partial charge is 0.516 e. The molecule has 114 valence electrons. The van der Waals surface area contributed by atoms with E-state index in [0.29, 0.717) is 24.1 Å². The zero-order valence-electron chi connectivity index (χ0n) is 12.5. The molecule has 0 unspecified atom stereocenters. The second-order valence-corrected chi connectivity index (χ2v) is 5.26. The molecule has 0 spiro atoms. The Balaban J connectivity index is 2.30. The predicted octanol–water partition coefficient (Wildman–Crippen LogP) is 1.07. The topological polar surface area (TPSA) is 82.1 Å². The van der Waals surface area contributed by atoms with E-state index in [0.717, 1.165) is 24.7 Å². The van der Waals surface area contributed by atoms with Gasteiger partial charge in [0, 0.05) is 20.6 Å². The number of imidazole rings is 1. The maximum atomic E-state index is 12.4. The van der Waals surface area contributed by atoms with Crippen molar-refractivity contribution in [2.24, 2.45) is 14.1 Å². The number of aliphatic hydroxyl groups is 1. The van der Waals surface area contributed by atoms with Crippen molar-refractivity contribution < 1.29 is 5.11 Å². The average Bonchev–Trinajstić information content (AvgIpc) is 2.86. The van der Waals surface area contributed by atoms with Crippen LogP contribution >= 0.6 is 0 Å². The molecule has 0 radical (unpaired) electrons. The molecule has 0 aliphatic carbocycles. The first-order valence-corrected chi connectivity index (χ1v) is 6.88. The Labute approximate surface area is 121 Å². The molecule has 0 bridgehead atoms. The van der Waals surface area contributed by atoms with E-state index in [9.17, 15) is 9.59 Å². The van der Waals surface area contributed by atoms with Crippen molar-refractivity contribution in [2.45, 2.75) is 32.7 Å². The van der Waals surface area contributed by atoms with Crippen LogP contribution in [0.4, 0.5) is 0 Å². The first kappa shape index (κ1) is 15.1. The molecule has 2 heterocycles. The molecule has 1 N–H and O–H groups in total. The summed E-state index contributed by atoms with van der Waals surface area (Å²) >= 11 is 0. The maximum absolute atomic E-state index is 12.4. The number of nitrogens with zero attached hydrogens (tertiary/aromatic N) is 4. The zero-order valence-corrected chi connectivity index (χ0v) is 12.5. The maximum Gasteiger partial charge on any atom is 0.332 e. The SMILES string of the molecule is CC(=CO)CCCCn1c(=O)c2c(ncn2C)n(C)c1=O. The zero-order chi connectivity index (χ0) is 15.6. The van der Waals surface area contributed by atoms with Gasteiger partial charge in [0.1, 0.15) is 0 Å². The molecular weight excluding hydrogens is 272 g/mol. The lowest BCUT2D eigenvalue weighted by Gasteiger charge is -2.08. The van der Waals surface area contributed by atoms with E-state index >= 15 is 0 Å². The van der Waals surface area contributed by atoms with Gasteiger partial charge in [-0.1, -0.05) is 0 Å². The molecule has 2 aromatic heterocycles. The molecule has 7 nitrogen and oxygen atoms in total. The highest BCUT2D eigenvalue weighted by atomic mass is 16.2. The number of hydrogen-bond acceptors (Lipinski definition) is 4. The third-order valence-corrected chi connectivity index (χ3v) is 3.62. The first-order chi connectivity index (χ1) is 9.97. The van der Waals surface area contributed by atoms with Gasteiger partial charge < -0.3 is 9.67 Å². The summed E-state index contributed by atoms with van der Waals surface area (Å²) in [4.78, 5) is 28.7. The Kier molecular flexibility index (Phi) is 4.30. The summed E-state index contributed by atoms with van der Waals surface area (Å²) in [7, 11) is 3.35. The van der Waals surface area contributed by atoms with Crippen molar-refractivity contribution in [1.29, 1.82) is 0 Å². The predicted molar refractivity (Wildman–Crippen MR) is 80.5 cm³/mol. The second kappa shape index (κ2) is 5.99. The van der Waals surface area contributed by atoms with Crippen LogP contribution < -0.4 is 11.2 Å². The van der Waals surface area contributed by atoms with Crippen LogP contribution in [0.5, 0.6) is 0 Å². The number of aliphatic hydroxyl groups excluding tert-OH is 1. The van der Waals surface area contributed by atoms with Crippen LogP contribution in [0, 0.1) is 0 Å². The summed E-state index contributed by atoms with van der Waals surface area (Å²) in [6.07, 6.45) is 4.88. The van der Waals surface area contributed by atoms with E-state index in [1.54, 1.807) is 18.7 Å². The van der Waals surface area contributed by atoms with E-state index in [1.807, 2.05) is 6.92 Å². The number of allylic oxidation sites excluding steroid dienone is 1. The monoisotopic (exact) mass is 292 g/mol. The summed E-state index contributed by atoms with van der Waals surface area (Å²) in [5.41, 5.74) is 1.08. The molecule has 2 rings (SSSR count). The van der Waals surface area contributed by atoms with E-state index < -0.39 is 0 Å². The van der Waals surface area contributed by atoms with Crippen LogP contribution in [0.3, 0.4) is 0 Å². The highest BCUT2D eigenvalue weighted by Crippen LogP contribution is 2.07. The third kappa shape index (κ3) is 2.76. The van der Waals surface area contributed by atoms with Crippen molar-refractivity contribution in [3.63, 3.8) is 0 Å². The van der Waals surface area contributed by atoms with Gasteiger partial charge >= 0.3 is 5.69 Å². The Hall–Kier alpha value is -2.31. The molecule has 0 aliphatic heterocycles. The molecular formula is C14H20N4O3. The molecule has 0 aliphatic rings. The Bertz CT molecular complexity index is 795. The van der Waals surface area contributed by atoms with Gasteiger partial charge in [-0.3, -0.25) is 13.9 Å². The number of hydrogen-bond donors (Lipinski definition) is 1. The lowest BCUT2D eigenvalue weighted by Crippen LogP contribution is -2.39. The fourth-order valence-electron chi connectivity index (χ4n) is 2.33. The fraction of sp³-hybridized carbons (Fsp3) is 0.500. The van der Waals surface area contributed by atoms with E-state index in [-0.39, 0.29) is 11.2 Å². The Morgan fingerprint density at radius 2 is 2.05 bits per heavy atom. The van der Waals surface area contributed by atoms with E-state index in [4.69, 9.17) is 5.11 Å². The summed E-state index contributed by atoms with van der Waals surface area (Å²) in [5, 5.41) is 8.82. The normalized spacial score (nSPS) is 12.2. The molecule has 2 aromatic rings. The van der Waals surface area contributed by atoms with Gasteiger partial charge in [0.25, 0.3) is 5.56 Å². The summed E-state index contributed by atoms with van der Waals surface area (Å²) in [5.74, 6) is 0. The Morgan fingerprint density at radius 3 is 2.71 bits per heavy atom. The van der Waals surface area contributed by atoms with Crippen LogP contribution in [0.2, 0.25) is 0 Å². The minimum absolute atomic E-state index is 0.303. The van der Waals surface area contributed by atoms with Crippen molar-refractivity contribution in [3.8, 4) is 0 Å². The summed E-state index contributed by atoms with van der Waals surface area (Å²) < 4.78 is 4.28. The molecule has 7 heteroatoms. The van der Waals surface area contributed by atoms with Crippen LogP contribution in [0.1, 0.15) is 26.2 Å². The lowest BCUT2D eigenvalue weighted by atomic mass is 10.1. The second-order valence-electron chi connectivity index (χ2n) is 5.26. The van der Waals surface area contributed by atoms with Gasteiger partial charge in [-0.25, -0.2) is 9.78 Å². The molecule has 0 saturated heterocycles. The number of aryl methyl sites for hydroxylation is 2. The minimum atomic E-state index is -0.347. The quantitative estimate of drug-likeness (QED) is 0.660. The smallest absolute Gasteiger partial charge is 0.332 e. The van der Waals surface area contributed by atoms with Gasteiger partial charge in [0.2, 0.25) is 0 Å². The Morgan fingerprint density at radius 1 is 1.33 bits per heavy atom. The fourth-order valence-corrected chi connectivity index (χ4v) is 2.33. The molecule has 0 fully saturated rings. The van der Waals surface area contributed by atoms with Crippen LogP contribution in [-0.4, -0.2) is 23.8 Å². The van der Waals surface area contributed by atoms with Gasteiger partial charge in [-0.15, -0.1) is 0 Å². The van der Waals surface area contributed by atoms with Crippen molar-refractivity contribution in [3.05, 3.63) is 39.0 Å². The van der Waals surface area contributed by atoms with Crippen molar-refractivity contribution in [2.75, 3.05) is 0 Å². The lowest BCUT2D eigenvalue weighted by molar-refractivity contribution is 0.462. The summed E-state index contributed by atoms with van der Waals surface area (Å²) in [6, 6.07) is 0. The average molecular weight is 292 g/mol. The molecule has 0 amide bonds. The molecule has 21 heavy (non-hydrogen) atoms. The van der Waals surface area contributed by atoms with Crippen molar-refractivity contribution >= 4 is 11.2 Å². The van der Waals surface area contributed by atoms with Gasteiger partial charge in [-0.05, 0) is 31.8 Å². The van der Waals surface area contributed by atoms with Crippen LogP contribution in [0.25, 0.3) is 11.2 Å². The number of rotatable bonds is 5. The third-order valence-electron chi connectivity index (χ3n) is 3.62. The minimum Gasteiger partial charge on any atom is -0.516 e. The standard InChI is InChI=1S/C14H20N4O3/c1-10(8-19)6-4-5-7-18-13(20)11-12(15-9-16(11)2)17(3)14(18)21/h8-9,19H,4-7H2,1-3H3. The van der Waals surface area contributed by atoms with Gasteiger partial charge in [0.15, 0.2) is 11.2 Å². The number of unbranched alkanes of at least 4 members (excludes halogenated alkanes) is 1. The molecule has 0 aromatic carbocycles. The first-order valence-electron chi connectivity index (χ1n) is 6.88.